The maximum Gasteiger partial charge on any atom is 0.276 e. The summed E-state index contributed by atoms with van der Waals surface area (Å²) in [5.74, 6) is -0.224. The van der Waals surface area contributed by atoms with Crippen molar-refractivity contribution in [3.63, 3.8) is 0 Å². The van der Waals surface area contributed by atoms with Gasteiger partial charge in [0.15, 0.2) is 11.3 Å². The molecule has 1 amide bonds. The Morgan fingerprint density at radius 1 is 1.11 bits per heavy atom. The van der Waals surface area contributed by atoms with Crippen LogP contribution in [0, 0.1) is 0 Å². The van der Waals surface area contributed by atoms with Crippen LogP contribution < -0.4 is 4.72 Å². The van der Waals surface area contributed by atoms with E-state index in [0.29, 0.717) is 24.1 Å². The van der Waals surface area contributed by atoms with Gasteiger partial charge in [-0.15, -0.1) is 0 Å². The Bertz CT molecular complexity index is 1070. The summed E-state index contributed by atoms with van der Waals surface area (Å²) in [5.41, 5.74) is 1.41. The predicted octanol–water partition coefficient (Wildman–Crippen LogP) is 2.54. The zero-order valence-electron chi connectivity index (χ0n) is 14.6. The van der Waals surface area contributed by atoms with Crippen LogP contribution in [0.4, 0.5) is 0 Å². The van der Waals surface area contributed by atoms with E-state index in [-0.39, 0.29) is 23.0 Å². The number of nitrogens with zero attached hydrogens (tertiary/aromatic N) is 2. The summed E-state index contributed by atoms with van der Waals surface area (Å²) in [6.45, 7) is 1.55. The summed E-state index contributed by atoms with van der Waals surface area (Å²) in [7, 11) is -3.73. The lowest BCUT2D eigenvalue weighted by molar-refractivity contribution is 0.0784. The Hall–Kier alpha value is -2.71. The van der Waals surface area contributed by atoms with Gasteiger partial charge >= 0.3 is 0 Å². The van der Waals surface area contributed by atoms with Crippen LogP contribution in [0.25, 0.3) is 11.0 Å². The molecule has 1 N–H and O–H groups in total. The van der Waals surface area contributed by atoms with Crippen LogP contribution in [0.3, 0.4) is 0 Å². The van der Waals surface area contributed by atoms with Crippen molar-refractivity contribution in [2.24, 2.45) is 0 Å². The summed E-state index contributed by atoms with van der Waals surface area (Å²) >= 11 is 0. The fourth-order valence-corrected chi connectivity index (χ4v) is 4.21. The van der Waals surface area contributed by atoms with Gasteiger partial charge in [-0.25, -0.2) is 13.1 Å². The van der Waals surface area contributed by atoms with E-state index in [4.69, 9.17) is 4.52 Å². The fourth-order valence-electron chi connectivity index (χ4n) is 3.17. The zero-order valence-corrected chi connectivity index (χ0v) is 15.4. The Balaban J connectivity index is 1.62. The molecule has 2 heterocycles. The minimum Gasteiger partial charge on any atom is -0.355 e. The van der Waals surface area contributed by atoms with Gasteiger partial charge in [0, 0.05) is 19.6 Å². The maximum absolute atomic E-state index is 12.7. The van der Waals surface area contributed by atoms with Gasteiger partial charge < -0.3 is 9.42 Å². The molecule has 0 spiro atoms. The van der Waals surface area contributed by atoms with E-state index in [1.807, 2.05) is 30.3 Å². The van der Waals surface area contributed by atoms with E-state index in [1.165, 1.54) is 18.2 Å². The number of carbonyl (C=O) groups is 1. The van der Waals surface area contributed by atoms with E-state index < -0.39 is 10.0 Å². The highest BCUT2D eigenvalue weighted by atomic mass is 32.2. The van der Waals surface area contributed by atoms with Crippen molar-refractivity contribution >= 4 is 26.9 Å². The molecule has 7 nitrogen and oxygen atoms in total. The van der Waals surface area contributed by atoms with Crippen LogP contribution in [-0.4, -0.2) is 37.5 Å². The fraction of sp³-hybridized carbons (Fsp3) is 0.263. The summed E-state index contributed by atoms with van der Waals surface area (Å²) in [6, 6.07) is 13.7. The normalized spacial score (nSPS) is 14.7. The molecule has 0 radical (unpaired) electrons. The van der Waals surface area contributed by atoms with Crippen LogP contribution in [0.1, 0.15) is 28.9 Å². The standard InChI is InChI=1S/C19H19N3O4S/c23-19(22-10-4-5-11-22)18-16-12-15(8-9-17(16)26-21-18)27(24,25)20-13-14-6-2-1-3-7-14/h1-3,6-9,12,20H,4-5,10-11,13H2. The third kappa shape index (κ3) is 3.58. The summed E-state index contributed by atoms with van der Waals surface area (Å²) in [5, 5.41) is 4.29. The van der Waals surface area contributed by atoms with E-state index in [1.54, 1.807) is 4.90 Å². The molecular formula is C19H19N3O4S. The first-order chi connectivity index (χ1) is 13.0. The maximum atomic E-state index is 12.7. The SMILES string of the molecule is O=C(c1noc2ccc(S(=O)(=O)NCc3ccccc3)cc12)N1CCCC1. The largest absolute Gasteiger partial charge is 0.355 e. The summed E-state index contributed by atoms with van der Waals surface area (Å²) in [4.78, 5) is 14.4. The van der Waals surface area contributed by atoms with Crippen molar-refractivity contribution in [1.82, 2.24) is 14.8 Å². The molecule has 1 aliphatic rings. The Morgan fingerprint density at radius 3 is 2.59 bits per heavy atom. The van der Waals surface area contributed by atoms with Gasteiger partial charge in [0.05, 0.1) is 10.3 Å². The van der Waals surface area contributed by atoms with Gasteiger partial charge in [0.2, 0.25) is 10.0 Å². The number of hydrogen-bond acceptors (Lipinski definition) is 5. The minimum atomic E-state index is -3.73. The molecule has 0 bridgehead atoms. The van der Waals surface area contributed by atoms with Gasteiger partial charge in [-0.3, -0.25) is 4.79 Å². The van der Waals surface area contributed by atoms with Crippen molar-refractivity contribution < 1.29 is 17.7 Å². The van der Waals surface area contributed by atoms with Crippen LogP contribution >= 0.6 is 0 Å². The summed E-state index contributed by atoms with van der Waals surface area (Å²) in [6.07, 6.45) is 1.93. The number of carbonyl (C=O) groups excluding carboxylic acids is 1. The van der Waals surface area contributed by atoms with Crippen molar-refractivity contribution in [3.8, 4) is 0 Å². The molecule has 0 atom stereocenters. The highest BCUT2D eigenvalue weighted by Gasteiger charge is 2.26. The average Bonchev–Trinajstić information content (AvgIpc) is 3.36. The van der Waals surface area contributed by atoms with E-state index >= 15 is 0 Å². The third-order valence-corrected chi connectivity index (χ3v) is 6.06. The van der Waals surface area contributed by atoms with Crippen LogP contribution in [0.2, 0.25) is 0 Å². The van der Waals surface area contributed by atoms with Gasteiger partial charge in [-0.05, 0) is 36.6 Å². The van der Waals surface area contributed by atoms with E-state index in [2.05, 4.69) is 9.88 Å². The van der Waals surface area contributed by atoms with Gasteiger partial charge in [-0.2, -0.15) is 0 Å². The second kappa shape index (κ2) is 7.13. The first-order valence-electron chi connectivity index (χ1n) is 8.77. The second-order valence-electron chi connectivity index (χ2n) is 6.50. The van der Waals surface area contributed by atoms with Gasteiger partial charge in [-0.1, -0.05) is 35.5 Å². The number of rotatable bonds is 5. The molecule has 0 saturated carbocycles. The summed E-state index contributed by atoms with van der Waals surface area (Å²) < 4.78 is 33.1. The molecule has 0 unspecified atom stereocenters. The molecule has 140 valence electrons. The third-order valence-electron chi connectivity index (χ3n) is 4.66. The number of nitrogens with one attached hydrogen (secondary N) is 1. The smallest absolute Gasteiger partial charge is 0.276 e. The monoisotopic (exact) mass is 385 g/mol. The second-order valence-corrected chi connectivity index (χ2v) is 8.27. The lowest BCUT2D eigenvalue weighted by Crippen LogP contribution is -2.28. The molecule has 1 aromatic heterocycles. The van der Waals surface area contributed by atoms with Gasteiger partial charge in [0.25, 0.3) is 5.91 Å². The molecule has 1 saturated heterocycles. The lowest BCUT2D eigenvalue weighted by atomic mass is 10.2. The average molecular weight is 385 g/mol. The number of benzene rings is 2. The molecule has 27 heavy (non-hydrogen) atoms. The first-order valence-corrected chi connectivity index (χ1v) is 10.3. The van der Waals surface area contributed by atoms with E-state index in [9.17, 15) is 13.2 Å². The Labute approximate surface area is 157 Å². The molecule has 0 aliphatic carbocycles. The quantitative estimate of drug-likeness (QED) is 0.729. The number of amides is 1. The van der Waals surface area contributed by atoms with Crippen molar-refractivity contribution in [2.75, 3.05) is 13.1 Å². The molecule has 2 aromatic carbocycles. The van der Waals surface area contributed by atoms with Crippen LogP contribution in [0.15, 0.2) is 57.9 Å². The number of aromatic nitrogens is 1. The van der Waals surface area contributed by atoms with Crippen LogP contribution in [-0.2, 0) is 16.6 Å². The van der Waals surface area contributed by atoms with Crippen molar-refractivity contribution in [2.45, 2.75) is 24.3 Å². The topological polar surface area (TPSA) is 92.5 Å². The molecule has 8 heteroatoms. The zero-order chi connectivity index (χ0) is 18.9. The minimum absolute atomic E-state index is 0.0737. The number of likely N-dealkylation sites (tertiary alicyclic amines) is 1. The lowest BCUT2D eigenvalue weighted by Gasteiger charge is -2.13. The number of fused-ring (bicyclic) bond motifs is 1. The van der Waals surface area contributed by atoms with Crippen molar-refractivity contribution in [3.05, 3.63) is 59.8 Å². The predicted molar refractivity (Wildman–Crippen MR) is 99.6 cm³/mol. The molecule has 3 aromatic rings. The highest BCUT2D eigenvalue weighted by Crippen LogP contribution is 2.24. The van der Waals surface area contributed by atoms with Crippen molar-refractivity contribution in [1.29, 1.82) is 0 Å². The highest BCUT2D eigenvalue weighted by molar-refractivity contribution is 7.89. The Morgan fingerprint density at radius 2 is 1.85 bits per heavy atom. The number of hydrogen-bond donors (Lipinski definition) is 1. The molecule has 1 aliphatic heterocycles. The first kappa shape index (κ1) is 17.7. The molecular weight excluding hydrogens is 366 g/mol. The van der Waals surface area contributed by atoms with Gasteiger partial charge in [0.1, 0.15) is 0 Å². The molecule has 4 rings (SSSR count). The van der Waals surface area contributed by atoms with E-state index in [0.717, 1.165) is 18.4 Å². The number of sulfonamides is 1. The van der Waals surface area contributed by atoms with Crippen LogP contribution in [0.5, 0.6) is 0 Å². The Kier molecular flexibility index (Phi) is 4.67. The molecule has 1 fully saturated rings.